The molecule has 4 nitrogen and oxygen atoms in total. The summed E-state index contributed by atoms with van der Waals surface area (Å²) in [5.74, 6) is 0. The lowest BCUT2D eigenvalue weighted by atomic mass is 10.6. The van der Waals surface area contributed by atoms with Crippen LogP contribution in [0.15, 0.2) is 0 Å². The third kappa shape index (κ3) is 2.76. The number of sulfonamides is 1. The molecule has 0 spiro atoms. The van der Waals surface area contributed by atoms with E-state index in [1.807, 2.05) is 0 Å². The van der Waals surface area contributed by atoms with Gasteiger partial charge >= 0.3 is 0 Å². The fraction of sp³-hybridized carbons (Fsp3) is 1.00. The molecule has 0 bridgehead atoms. The van der Waals surface area contributed by atoms with E-state index in [2.05, 4.69) is 0 Å². The predicted octanol–water partition coefficient (Wildman–Crippen LogP) is -0.385. The van der Waals surface area contributed by atoms with E-state index < -0.39 is 10.0 Å². The highest BCUT2D eigenvalue weighted by Crippen LogP contribution is 2.04. The molecule has 0 saturated heterocycles. The average Bonchev–Trinajstić information content (AvgIpc) is 1.88. The largest absolute Gasteiger partial charge is 0.329 e. The van der Waals surface area contributed by atoms with Gasteiger partial charge in [0.05, 0.1) is 5.25 Å². The van der Waals surface area contributed by atoms with Gasteiger partial charge in [-0.15, -0.1) is 0 Å². The number of hydrogen-bond donors (Lipinski definition) is 1. The molecule has 0 aliphatic heterocycles. The molecular formula is C6H16N2O2S. The molecule has 2 N–H and O–H groups in total. The summed E-state index contributed by atoms with van der Waals surface area (Å²) in [5.41, 5.74) is 5.22. The Balaban J connectivity index is 4.32. The summed E-state index contributed by atoms with van der Waals surface area (Å²) in [6.07, 6.45) is 0. The second kappa shape index (κ2) is 4.04. The van der Waals surface area contributed by atoms with Crippen molar-refractivity contribution in [1.29, 1.82) is 0 Å². The van der Waals surface area contributed by atoms with Crippen LogP contribution in [0, 0.1) is 0 Å². The average molecular weight is 180 g/mol. The quantitative estimate of drug-likeness (QED) is 0.641. The van der Waals surface area contributed by atoms with Crippen LogP contribution >= 0.6 is 0 Å². The lowest BCUT2D eigenvalue weighted by Crippen LogP contribution is -2.36. The smallest absolute Gasteiger partial charge is 0.216 e. The van der Waals surface area contributed by atoms with Crippen LogP contribution < -0.4 is 5.73 Å². The Morgan fingerprint density at radius 2 is 1.91 bits per heavy atom. The highest BCUT2D eigenvalue weighted by Gasteiger charge is 2.20. The third-order valence-corrected chi connectivity index (χ3v) is 3.72. The fourth-order valence-corrected chi connectivity index (χ4v) is 1.75. The normalized spacial score (nSPS) is 12.9. The van der Waals surface area contributed by atoms with Gasteiger partial charge < -0.3 is 5.73 Å². The SMILES string of the molecule is CC(C)S(=O)(=O)N(C)CCN. The first-order valence-electron chi connectivity index (χ1n) is 3.58. The molecule has 0 aromatic rings. The van der Waals surface area contributed by atoms with Gasteiger partial charge in [0.1, 0.15) is 0 Å². The third-order valence-electron chi connectivity index (χ3n) is 1.47. The summed E-state index contributed by atoms with van der Waals surface area (Å²) in [6, 6.07) is 0. The van der Waals surface area contributed by atoms with E-state index in [4.69, 9.17) is 5.73 Å². The van der Waals surface area contributed by atoms with Crippen molar-refractivity contribution in [1.82, 2.24) is 4.31 Å². The molecule has 0 heterocycles. The zero-order chi connectivity index (χ0) is 9.07. The Hall–Kier alpha value is -0.130. The highest BCUT2D eigenvalue weighted by atomic mass is 32.2. The first-order chi connectivity index (χ1) is 4.92. The number of nitrogens with zero attached hydrogens (tertiary/aromatic N) is 1. The van der Waals surface area contributed by atoms with Gasteiger partial charge in [0.15, 0.2) is 0 Å². The number of likely N-dealkylation sites (N-methyl/N-ethyl adjacent to an activating group) is 1. The molecule has 5 heteroatoms. The van der Waals surface area contributed by atoms with Crippen molar-refractivity contribution < 1.29 is 8.42 Å². The second-order valence-electron chi connectivity index (χ2n) is 2.70. The molecular weight excluding hydrogens is 164 g/mol. The minimum Gasteiger partial charge on any atom is -0.329 e. The summed E-state index contributed by atoms with van der Waals surface area (Å²) in [7, 11) is -1.54. The van der Waals surface area contributed by atoms with Crippen molar-refractivity contribution in [2.75, 3.05) is 20.1 Å². The Morgan fingerprint density at radius 3 is 2.18 bits per heavy atom. The monoisotopic (exact) mass is 180 g/mol. The van der Waals surface area contributed by atoms with Gasteiger partial charge in [0, 0.05) is 20.1 Å². The zero-order valence-electron chi connectivity index (χ0n) is 7.24. The van der Waals surface area contributed by atoms with Crippen molar-refractivity contribution in [2.24, 2.45) is 5.73 Å². The Labute approximate surface area is 68.4 Å². The van der Waals surface area contributed by atoms with Crippen LogP contribution in [-0.4, -0.2) is 38.1 Å². The van der Waals surface area contributed by atoms with Gasteiger partial charge in [-0.25, -0.2) is 12.7 Å². The van der Waals surface area contributed by atoms with E-state index in [9.17, 15) is 8.42 Å². The van der Waals surface area contributed by atoms with Crippen molar-refractivity contribution in [3.8, 4) is 0 Å². The van der Waals surface area contributed by atoms with Gasteiger partial charge in [-0.3, -0.25) is 0 Å². The van der Waals surface area contributed by atoms with Gasteiger partial charge in [0.25, 0.3) is 0 Å². The Bertz CT molecular complexity index is 199. The topological polar surface area (TPSA) is 63.4 Å². The minimum atomic E-state index is -3.09. The molecule has 0 rings (SSSR count). The molecule has 0 amide bonds. The first kappa shape index (κ1) is 10.9. The Morgan fingerprint density at radius 1 is 1.45 bits per heavy atom. The van der Waals surface area contributed by atoms with E-state index in [0.29, 0.717) is 13.1 Å². The summed E-state index contributed by atoms with van der Waals surface area (Å²) >= 11 is 0. The molecule has 0 aromatic heterocycles. The van der Waals surface area contributed by atoms with Gasteiger partial charge in [-0.1, -0.05) is 0 Å². The number of rotatable bonds is 4. The molecule has 0 radical (unpaired) electrons. The van der Waals surface area contributed by atoms with Gasteiger partial charge in [-0.05, 0) is 13.8 Å². The van der Waals surface area contributed by atoms with E-state index in [-0.39, 0.29) is 5.25 Å². The summed E-state index contributed by atoms with van der Waals surface area (Å²) < 4.78 is 23.9. The molecule has 0 saturated carbocycles. The number of hydrogen-bond acceptors (Lipinski definition) is 3. The van der Waals surface area contributed by atoms with Crippen molar-refractivity contribution in [2.45, 2.75) is 19.1 Å². The van der Waals surface area contributed by atoms with Crippen LogP contribution in [0.1, 0.15) is 13.8 Å². The molecule has 0 aliphatic rings. The van der Waals surface area contributed by atoms with Crippen LogP contribution in [0.2, 0.25) is 0 Å². The van der Waals surface area contributed by atoms with E-state index in [1.54, 1.807) is 20.9 Å². The van der Waals surface area contributed by atoms with Crippen LogP contribution in [0.3, 0.4) is 0 Å². The first-order valence-corrected chi connectivity index (χ1v) is 5.08. The molecule has 0 unspecified atom stereocenters. The molecule has 0 atom stereocenters. The fourth-order valence-electron chi connectivity index (χ4n) is 0.669. The van der Waals surface area contributed by atoms with Crippen LogP contribution in [-0.2, 0) is 10.0 Å². The predicted molar refractivity (Wildman–Crippen MR) is 45.7 cm³/mol. The number of nitrogens with two attached hydrogens (primary N) is 1. The summed E-state index contributed by atoms with van der Waals surface area (Å²) in [5, 5.41) is -0.362. The van der Waals surface area contributed by atoms with E-state index >= 15 is 0 Å². The lowest BCUT2D eigenvalue weighted by Gasteiger charge is -2.18. The Kier molecular flexibility index (Phi) is 3.99. The molecule has 0 aliphatic carbocycles. The zero-order valence-corrected chi connectivity index (χ0v) is 8.06. The maximum atomic E-state index is 11.3. The van der Waals surface area contributed by atoms with Crippen molar-refractivity contribution in [3.63, 3.8) is 0 Å². The second-order valence-corrected chi connectivity index (χ2v) is 5.30. The lowest BCUT2D eigenvalue weighted by molar-refractivity contribution is 0.469. The van der Waals surface area contributed by atoms with Crippen molar-refractivity contribution >= 4 is 10.0 Å². The standard InChI is InChI=1S/C6H16N2O2S/c1-6(2)11(9,10)8(3)5-4-7/h6H,4-5,7H2,1-3H3. The summed E-state index contributed by atoms with van der Waals surface area (Å²) in [4.78, 5) is 0. The maximum Gasteiger partial charge on any atom is 0.216 e. The molecule has 0 fully saturated rings. The van der Waals surface area contributed by atoms with Crippen molar-refractivity contribution in [3.05, 3.63) is 0 Å². The maximum absolute atomic E-state index is 11.3. The minimum absolute atomic E-state index is 0.362. The molecule has 68 valence electrons. The van der Waals surface area contributed by atoms with Crippen LogP contribution in [0.5, 0.6) is 0 Å². The van der Waals surface area contributed by atoms with Crippen LogP contribution in [0.4, 0.5) is 0 Å². The van der Waals surface area contributed by atoms with E-state index in [0.717, 1.165) is 0 Å². The molecule has 11 heavy (non-hydrogen) atoms. The van der Waals surface area contributed by atoms with Gasteiger partial charge in [0.2, 0.25) is 10.0 Å². The highest BCUT2D eigenvalue weighted by molar-refractivity contribution is 7.89. The summed E-state index contributed by atoms with van der Waals surface area (Å²) in [6.45, 7) is 4.06. The van der Waals surface area contributed by atoms with E-state index in [1.165, 1.54) is 4.31 Å². The van der Waals surface area contributed by atoms with Crippen LogP contribution in [0.25, 0.3) is 0 Å². The van der Waals surface area contributed by atoms with Gasteiger partial charge in [-0.2, -0.15) is 0 Å². The molecule has 0 aromatic carbocycles.